The van der Waals surface area contributed by atoms with Gasteiger partial charge in [0.1, 0.15) is 5.82 Å². The van der Waals surface area contributed by atoms with Crippen LogP contribution in [0.4, 0.5) is 4.39 Å². The molecule has 3 N–H and O–H groups in total. The van der Waals surface area contributed by atoms with E-state index in [0.29, 0.717) is 13.2 Å². The van der Waals surface area contributed by atoms with Gasteiger partial charge in [0.05, 0.1) is 12.8 Å². The molecule has 6 heteroatoms. The van der Waals surface area contributed by atoms with Gasteiger partial charge in [-0.25, -0.2) is 4.39 Å². The highest BCUT2D eigenvalue weighted by molar-refractivity contribution is 7.80. The van der Waals surface area contributed by atoms with E-state index in [1.165, 1.54) is 25.0 Å². The molecule has 0 amide bonds. The molecule has 0 aliphatic rings. The van der Waals surface area contributed by atoms with Crippen molar-refractivity contribution in [3.8, 4) is 0 Å². The highest BCUT2D eigenvalue weighted by atomic mass is 32.1. The molecule has 21 heavy (non-hydrogen) atoms. The van der Waals surface area contributed by atoms with Crippen LogP contribution in [0.1, 0.15) is 43.7 Å². The molecule has 0 heterocycles. The van der Waals surface area contributed by atoms with Crippen molar-refractivity contribution in [3.63, 3.8) is 0 Å². The molecule has 0 bridgehead atoms. The van der Waals surface area contributed by atoms with Crippen LogP contribution in [0.25, 0.3) is 0 Å². The van der Waals surface area contributed by atoms with Gasteiger partial charge in [-0.1, -0.05) is 32.3 Å². The lowest BCUT2D eigenvalue weighted by molar-refractivity contribution is 0.116. The Labute approximate surface area is 130 Å². The number of nitrogens with zero attached hydrogens (tertiary/aromatic N) is 1. The third-order valence-corrected chi connectivity index (χ3v) is 2.97. The minimum atomic E-state index is -0.293. The van der Waals surface area contributed by atoms with Gasteiger partial charge >= 0.3 is 0 Å². The molecule has 1 rings (SSSR count). The van der Waals surface area contributed by atoms with Crippen LogP contribution >= 0.6 is 12.2 Å². The Morgan fingerprint density at radius 2 is 2.24 bits per heavy atom. The molecule has 116 valence electrons. The van der Waals surface area contributed by atoms with Crippen LogP contribution in [-0.4, -0.2) is 17.9 Å². The van der Waals surface area contributed by atoms with Gasteiger partial charge in [0, 0.05) is 12.2 Å². The highest BCUT2D eigenvalue weighted by Crippen LogP contribution is 2.11. The zero-order chi connectivity index (χ0) is 15.5. The van der Waals surface area contributed by atoms with E-state index in [4.69, 9.17) is 10.5 Å². The standard InChI is InChI=1S/C15H22FN3OS/c1-2-3-4-5-8-20-11-13-9-14(16)7-6-12(13)10-18-19-15(17)21/h6-7,9-10H,2-5,8,11H2,1H3,(H3,17,19,21). The second-order valence-electron chi connectivity index (χ2n) is 4.69. The summed E-state index contributed by atoms with van der Waals surface area (Å²) in [6.45, 7) is 3.21. The number of halogens is 1. The zero-order valence-corrected chi connectivity index (χ0v) is 13.1. The van der Waals surface area contributed by atoms with Crippen molar-refractivity contribution in [1.82, 2.24) is 5.43 Å². The maximum atomic E-state index is 13.3. The Hall–Kier alpha value is -1.53. The summed E-state index contributed by atoms with van der Waals surface area (Å²) in [5.74, 6) is -0.293. The largest absolute Gasteiger partial charge is 0.377 e. The lowest BCUT2D eigenvalue weighted by Crippen LogP contribution is -2.24. The van der Waals surface area contributed by atoms with Crippen molar-refractivity contribution in [2.45, 2.75) is 39.2 Å². The van der Waals surface area contributed by atoms with E-state index >= 15 is 0 Å². The van der Waals surface area contributed by atoms with Crippen molar-refractivity contribution >= 4 is 23.5 Å². The molecule has 0 aliphatic heterocycles. The fourth-order valence-corrected chi connectivity index (χ4v) is 1.86. The van der Waals surface area contributed by atoms with Gasteiger partial charge in [0.25, 0.3) is 0 Å². The quantitative estimate of drug-likeness (QED) is 0.318. The van der Waals surface area contributed by atoms with E-state index in [2.05, 4.69) is 29.7 Å². The van der Waals surface area contributed by atoms with Crippen LogP contribution in [0.5, 0.6) is 0 Å². The van der Waals surface area contributed by atoms with Gasteiger partial charge in [-0.15, -0.1) is 0 Å². The van der Waals surface area contributed by atoms with E-state index < -0.39 is 0 Å². The third-order valence-electron chi connectivity index (χ3n) is 2.88. The maximum Gasteiger partial charge on any atom is 0.184 e. The zero-order valence-electron chi connectivity index (χ0n) is 12.3. The lowest BCUT2D eigenvalue weighted by atomic mass is 10.1. The van der Waals surface area contributed by atoms with Crippen molar-refractivity contribution in [2.75, 3.05) is 6.61 Å². The first-order valence-electron chi connectivity index (χ1n) is 7.08. The summed E-state index contributed by atoms with van der Waals surface area (Å²) in [6, 6.07) is 4.48. The molecule has 0 radical (unpaired) electrons. The van der Waals surface area contributed by atoms with E-state index in [1.54, 1.807) is 12.3 Å². The number of hydrogen-bond acceptors (Lipinski definition) is 3. The first-order chi connectivity index (χ1) is 10.1. The minimum absolute atomic E-state index is 0.0853. The first-order valence-corrected chi connectivity index (χ1v) is 7.49. The third kappa shape index (κ3) is 7.72. The molecule has 0 saturated heterocycles. The van der Waals surface area contributed by atoms with Crippen molar-refractivity contribution in [2.24, 2.45) is 10.8 Å². The van der Waals surface area contributed by atoms with E-state index in [-0.39, 0.29) is 10.9 Å². The monoisotopic (exact) mass is 311 g/mol. The molecule has 0 aliphatic carbocycles. The SMILES string of the molecule is CCCCCCOCc1cc(F)ccc1C=NNC(N)=S. The summed E-state index contributed by atoms with van der Waals surface area (Å²) in [4.78, 5) is 0. The fraction of sp³-hybridized carbons (Fsp3) is 0.467. The number of ether oxygens (including phenoxy) is 1. The van der Waals surface area contributed by atoms with Gasteiger partial charge in [0.15, 0.2) is 5.11 Å². The van der Waals surface area contributed by atoms with Crippen LogP contribution in [0.15, 0.2) is 23.3 Å². The molecular weight excluding hydrogens is 289 g/mol. The van der Waals surface area contributed by atoms with Gasteiger partial charge in [-0.05, 0) is 36.3 Å². The van der Waals surface area contributed by atoms with Crippen LogP contribution < -0.4 is 11.2 Å². The van der Waals surface area contributed by atoms with Gasteiger partial charge < -0.3 is 10.5 Å². The van der Waals surface area contributed by atoms with Gasteiger partial charge in [0.2, 0.25) is 0 Å². The summed E-state index contributed by atoms with van der Waals surface area (Å²) in [5, 5.41) is 3.97. The van der Waals surface area contributed by atoms with Gasteiger partial charge in [-0.3, -0.25) is 5.43 Å². The summed E-state index contributed by atoms with van der Waals surface area (Å²) >= 11 is 4.65. The van der Waals surface area contributed by atoms with E-state index in [0.717, 1.165) is 24.0 Å². The molecule has 1 aromatic rings. The molecule has 1 aromatic carbocycles. The number of nitrogens with one attached hydrogen (secondary N) is 1. The minimum Gasteiger partial charge on any atom is -0.377 e. The summed E-state index contributed by atoms with van der Waals surface area (Å²) < 4.78 is 18.9. The molecule has 0 unspecified atom stereocenters. The number of hydrazone groups is 1. The Morgan fingerprint density at radius 1 is 1.43 bits per heavy atom. The highest BCUT2D eigenvalue weighted by Gasteiger charge is 2.03. The van der Waals surface area contributed by atoms with Gasteiger partial charge in [-0.2, -0.15) is 5.10 Å². The average Bonchev–Trinajstić information content (AvgIpc) is 2.44. The maximum absolute atomic E-state index is 13.3. The average molecular weight is 311 g/mol. The Morgan fingerprint density at radius 3 is 2.95 bits per heavy atom. The number of rotatable bonds is 9. The predicted molar refractivity (Wildman–Crippen MR) is 87.7 cm³/mol. The smallest absolute Gasteiger partial charge is 0.184 e. The molecule has 0 saturated carbocycles. The van der Waals surface area contributed by atoms with Crippen LogP contribution in [0, 0.1) is 5.82 Å². The first kappa shape index (κ1) is 17.5. The number of thiocarbonyl (C=S) groups is 1. The van der Waals surface area contributed by atoms with E-state index in [9.17, 15) is 4.39 Å². The second-order valence-corrected chi connectivity index (χ2v) is 5.13. The Balaban J connectivity index is 2.52. The van der Waals surface area contributed by atoms with E-state index in [1.807, 2.05) is 0 Å². The summed E-state index contributed by atoms with van der Waals surface area (Å²) in [5.41, 5.74) is 9.27. The molecular formula is C15H22FN3OS. The van der Waals surface area contributed by atoms with Crippen molar-refractivity contribution < 1.29 is 9.13 Å². The Bertz CT molecular complexity index is 480. The summed E-state index contributed by atoms with van der Waals surface area (Å²) in [6.07, 6.45) is 6.14. The fourth-order valence-electron chi connectivity index (χ4n) is 1.80. The van der Waals surface area contributed by atoms with Crippen LogP contribution in [-0.2, 0) is 11.3 Å². The number of hydrogen-bond donors (Lipinski definition) is 2. The topological polar surface area (TPSA) is 59.6 Å². The molecule has 4 nitrogen and oxygen atoms in total. The number of unbranched alkanes of at least 4 members (excludes halogenated alkanes) is 3. The number of nitrogens with two attached hydrogens (primary N) is 1. The van der Waals surface area contributed by atoms with Crippen molar-refractivity contribution in [3.05, 3.63) is 35.1 Å². The molecule has 0 fully saturated rings. The predicted octanol–water partition coefficient (Wildman–Crippen LogP) is 3.09. The molecule has 0 atom stereocenters. The number of benzene rings is 1. The van der Waals surface area contributed by atoms with Crippen LogP contribution in [0.2, 0.25) is 0 Å². The normalized spacial score (nSPS) is 11.0. The second kappa shape index (κ2) is 10.2. The Kier molecular flexibility index (Phi) is 8.54. The summed E-state index contributed by atoms with van der Waals surface area (Å²) in [7, 11) is 0. The lowest BCUT2D eigenvalue weighted by Gasteiger charge is -2.08. The van der Waals surface area contributed by atoms with Crippen molar-refractivity contribution in [1.29, 1.82) is 0 Å². The molecule has 0 aromatic heterocycles. The molecule has 0 spiro atoms. The van der Waals surface area contributed by atoms with Crippen LogP contribution in [0.3, 0.4) is 0 Å².